The molecular formula is C24H18BrClN2O2. The summed E-state index contributed by atoms with van der Waals surface area (Å²) >= 11 is 9.74. The molecule has 150 valence electrons. The van der Waals surface area contributed by atoms with Crippen molar-refractivity contribution in [2.45, 2.75) is 13.5 Å². The van der Waals surface area contributed by atoms with Gasteiger partial charge in [-0.15, -0.1) is 0 Å². The number of nitrogens with zero attached hydrogens (tertiary/aromatic N) is 2. The molecule has 0 atom stereocenters. The molecule has 4 nitrogen and oxygen atoms in total. The maximum atomic E-state index is 13.0. The van der Waals surface area contributed by atoms with Crippen LogP contribution in [0.2, 0.25) is 5.02 Å². The average Bonchev–Trinajstić information content (AvgIpc) is 3.03. The molecule has 0 fully saturated rings. The Balaban J connectivity index is 1.63. The average molecular weight is 482 g/mol. The van der Waals surface area contributed by atoms with E-state index in [4.69, 9.17) is 16.3 Å². The molecule has 1 aliphatic heterocycles. The molecule has 0 bridgehead atoms. The Morgan fingerprint density at radius 1 is 1.07 bits per heavy atom. The van der Waals surface area contributed by atoms with Crippen LogP contribution in [0.15, 0.2) is 87.9 Å². The van der Waals surface area contributed by atoms with E-state index in [0.717, 1.165) is 21.3 Å². The summed E-state index contributed by atoms with van der Waals surface area (Å²) in [4.78, 5) is 13.0. The second kappa shape index (κ2) is 8.86. The van der Waals surface area contributed by atoms with Crippen molar-refractivity contribution < 1.29 is 9.53 Å². The smallest absolute Gasteiger partial charge is 0.280 e. The van der Waals surface area contributed by atoms with Gasteiger partial charge in [0, 0.05) is 20.6 Å². The summed E-state index contributed by atoms with van der Waals surface area (Å²) < 4.78 is 6.92. The first kappa shape index (κ1) is 20.4. The van der Waals surface area contributed by atoms with Crippen LogP contribution in [0, 0.1) is 0 Å². The van der Waals surface area contributed by atoms with E-state index >= 15 is 0 Å². The number of hydrazone groups is 1. The number of halogens is 2. The number of benzene rings is 3. The van der Waals surface area contributed by atoms with Crippen LogP contribution in [0.25, 0.3) is 6.08 Å². The first-order chi connectivity index (χ1) is 14.5. The van der Waals surface area contributed by atoms with Crippen molar-refractivity contribution in [1.29, 1.82) is 0 Å². The van der Waals surface area contributed by atoms with Crippen LogP contribution < -0.4 is 9.75 Å². The molecular weight excluding hydrogens is 464 g/mol. The lowest BCUT2D eigenvalue weighted by atomic mass is 10.1. The highest BCUT2D eigenvalue weighted by Gasteiger charge is 2.28. The molecule has 0 saturated carbocycles. The highest BCUT2D eigenvalue weighted by Crippen LogP contribution is 2.30. The summed E-state index contributed by atoms with van der Waals surface area (Å²) in [5.41, 5.74) is 3.59. The third kappa shape index (κ3) is 4.32. The Kier molecular flexibility index (Phi) is 6.02. The number of amides is 1. The monoisotopic (exact) mass is 480 g/mol. The van der Waals surface area contributed by atoms with Crippen LogP contribution in [0.3, 0.4) is 0 Å². The second-order valence-electron chi connectivity index (χ2n) is 6.76. The van der Waals surface area contributed by atoms with Crippen LogP contribution in [-0.2, 0) is 11.4 Å². The van der Waals surface area contributed by atoms with E-state index in [0.29, 0.717) is 28.7 Å². The third-order valence-corrected chi connectivity index (χ3v) is 5.54. The zero-order chi connectivity index (χ0) is 21.1. The van der Waals surface area contributed by atoms with E-state index in [2.05, 4.69) is 21.0 Å². The molecule has 3 aromatic carbocycles. The molecule has 1 heterocycles. The van der Waals surface area contributed by atoms with Gasteiger partial charge >= 0.3 is 0 Å². The van der Waals surface area contributed by atoms with Crippen molar-refractivity contribution in [2.24, 2.45) is 5.10 Å². The zero-order valence-electron chi connectivity index (χ0n) is 16.2. The fourth-order valence-corrected chi connectivity index (χ4v) is 3.69. The number of carbonyl (C=O) groups excluding carboxylic acids is 1. The number of rotatable bonds is 5. The van der Waals surface area contributed by atoms with Gasteiger partial charge in [-0.3, -0.25) is 4.79 Å². The van der Waals surface area contributed by atoms with E-state index < -0.39 is 0 Å². The van der Waals surface area contributed by atoms with Crippen molar-refractivity contribution >= 4 is 50.9 Å². The summed E-state index contributed by atoms with van der Waals surface area (Å²) in [5.74, 6) is 0.486. The van der Waals surface area contributed by atoms with Crippen molar-refractivity contribution in [3.05, 3.63) is 99.0 Å². The number of carbonyl (C=O) groups is 1. The van der Waals surface area contributed by atoms with E-state index in [1.165, 1.54) is 5.01 Å². The number of para-hydroxylation sites is 1. The Labute approximate surface area is 188 Å². The summed E-state index contributed by atoms with van der Waals surface area (Å²) in [7, 11) is 0. The molecule has 0 aliphatic carbocycles. The molecule has 0 aromatic heterocycles. The predicted octanol–water partition coefficient (Wildman–Crippen LogP) is 6.49. The molecule has 0 spiro atoms. The minimum absolute atomic E-state index is 0.171. The summed E-state index contributed by atoms with van der Waals surface area (Å²) in [5, 5.41) is 6.51. The van der Waals surface area contributed by atoms with Crippen molar-refractivity contribution in [2.75, 3.05) is 5.01 Å². The lowest BCUT2D eigenvalue weighted by Gasteiger charge is -2.12. The maximum absolute atomic E-state index is 13.0. The number of ether oxygens (including phenoxy) is 1. The largest absolute Gasteiger partial charge is 0.488 e. The molecule has 6 heteroatoms. The van der Waals surface area contributed by atoms with Gasteiger partial charge in [-0.1, -0.05) is 63.9 Å². The highest BCUT2D eigenvalue weighted by atomic mass is 79.9. The molecule has 30 heavy (non-hydrogen) atoms. The zero-order valence-corrected chi connectivity index (χ0v) is 18.5. The van der Waals surface area contributed by atoms with Crippen LogP contribution >= 0.6 is 27.5 Å². The Morgan fingerprint density at radius 2 is 1.80 bits per heavy atom. The fraction of sp³-hybridized carbons (Fsp3) is 0.0833. The molecule has 1 amide bonds. The van der Waals surface area contributed by atoms with Gasteiger partial charge in [0.1, 0.15) is 12.4 Å². The van der Waals surface area contributed by atoms with Crippen LogP contribution in [0.5, 0.6) is 5.75 Å². The highest BCUT2D eigenvalue weighted by molar-refractivity contribution is 9.10. The van der Waals surface area contributed by atoms with E-state index in [1.807, 2.05) is 85.8 Å². The molecule has 3 aromatic rings. The SMILES string of the molecule is CC1=NN(c2ccccc2)C(=O)/C1=C/c1cc(Br)ccc1OCc1ccccc1Cl. The summed E-state index contributed by atoms with van der Waals surface area (Å²) in [6, 6.07) is 22.6. The lowest BCUT2D eigenvalue weighted by molar-refractivity contribution is -0.114. The van der Waals surface area contributed by atoms with Crippen molar-refractivity contribution in [1.82, 2.24) is 0 Å². The lowest BCUT2D eigenvalue weighted by Crippen LogP contribution is -2.21. The standard InChI is InChI=1S/C24H18BrClN2O2/c1-16-21(24(29)28(27-16)20-8-3-2-4-9-20)14-18-13-19(25)11-12-23(18)30-15-17-7-5-6-10-22(17)26/h2-14H,15H2,1H3/b21-14+. The van der Waals surface area contributed by atoms with Gasteiger partial charge in [0.15, 0.2) is 0 Å². The van der Waals surface area contributed by atoms with Gasteiger partial charge in [0.2, 0.25) is 0 Å². The van der Waals surface area contributed by atoms with E-state index in [9.17, 15) is 4.79 Å². The maximum Gasteiger partial charge on any atom is 0.280 e. The minimum atomic E-state index is -0.171. The second-order valence-corrected chi connectivity index (χ2v) is 8.08. The molecule has 0 saturated heterocycles. The molecule has 0 unspecified atom stereocenters. The predicted molar refractivity (Wildman–Crippen MR) is 125 cm³/mol. The summed E-state index contributed by atoms with van der Waals surface area (Å²) in [6.45, 7) is 2.16. The number of hydrogen-bond acceptors (Lipinski definition) is 3. The quantitative estimate of drug-likeness (QED) is 0.391. The van der Waals surface area contributed by atoms with E-state index in [1.54, 1.807) is 0 Å². The Morgan fingerprint density at radius 3 is 2.57 bits per heavy atom. The van der Waals surface area contributed by atoms with Gasteiger partial charge in [0.25, 0.3) is 5.91 Å². The van der Waals surface area contributed by atoms with Crippen LogP contribution in [0.4, 0.5) is 5.69 Å². The molecule has 1 aliphatic rings. The van der Waals surface area contributed by atoms with Gasteiger partial charge < -0.3 is 4.74 Å². The fourth-order valence-electron chi connectivity index (χ4n) is 3.12. The first-order valence-corrected chi connectivity index (χ1v) is 10.5. The molecule has 4 rings (SSSR count). The molecule has 0 N–H and O–H groups in total. The van der Waals surface area contributed by atoms with E-state index in [-0.39, 0.29) is 5.91 Å². The first-order valence-electron chi connectivity index (χ1n) is 9.35. The Bertz CT molecular complexity index is 1160. The van der Waals surface area contributed by atoms with Gasteiger partial charge in [-0.2, -0.15) is 10.1 Å². The number of hydrogen-bond donors (Lipinski definition) is 0. The van der Waals surface area contributed by atoms with Gasteiger partial charge in [0.05, 0.1) is 17.0 Å². The van der Waals surface area contributed by atoms with Gasteiger partial charge in [-0.25, -0.2) is 0 Å². The number of anilines is 1. The van der Waals surface area contributed by atoms with Crippen molar-refractivity contribution in [3.8, 4) is 5.75 Å². The van der Waals surface area contributed by atoms with Crippen LogP contribution in [-0.4, -0.2) is 11.6 Å². The normalized spacial score (nSPS) is 14.9. The van der Waals surface area contributed by atoms with Crippen LogP contribution in [0.1, 0.15) is 18.1 Å². The Hall–Kier alpha value is -2.89. The van der Waals surface area contributed by atoms with Crippen molar-refractivity contribution in [3.63, 3.8) is 0 Å². The van der Waals surface area contributed by atoms with Gasteiger partial charge in [-0.05, 0) is 49.4 Å². The third-order valence-electron chi connectivity index (χ3n) is 4.68. The minimum Gasteiger partial charge on any atom is -0.488 e. The topological polar surface area (TPSA) is 41.9 Å². The molecule has 0 radical (unpaired) electrons. The summed E-state index contributed by atoms with van der Waals surface area (Å²) in [6.07, 6.45) is 1.82.